The molecule has 0 bridgehead atoms. The van der Waals surface area contributed by atoms with Gasteiger partial charge in [-0.1, -0.05) is 26.0 Å². The Morgan fingerprint density at radius 2 is 1.78 bits per heavy atom. The van der Waals surface area contributed by atoms with Gasteiger partial charge in [-0.2, -0.15) is 16.1 Å². The Morgan fingerprint density at radius 1 is 1.22 bits per heavy atom. The Balaban J connectivity index is 2.82. The molecule has 0 aromatic heterocycles. The van der Waals surface area contributed by atoms with Gasteiger partial charge in [0.05, 0.1) is 10.9 Å². The van der Waals surface area contributed by atoms with Crippen LogP contribution in [-0.4, -0.2) is 43.7 Å². The molecule has 130 valence electrons. The number of thioether (sulfide) groups is 1. The van der Waals surface area contributed by atoms with Crippen molar-refractivity contribution in [2.24, 2.45) is 0 Å². The molecule has 1 N–H and O–H groups in total. The second-order valence-electron chi connectivity index (χ2n) is 5.19. The third-order valence-corrected chi connectivity index (χ3v) is 6.31. The van der Waals surface area contributed by atoms with Gasteiger partial charge in [0, 0.05) is 25.3 Å². The molecule has 0 saturated carbocycles. The van der Waals surface area contributed by atoms with Crippen molar-refractivity contribution >= 4 is 27.7 Å². The minimum absolute atomic E-state index is 0.00619. The molecule has 1 amide bonds. The molecular formula is C16H26N2O3S2. The molecule has 0 fully saturated rings. The lowest BCUT2D eigenvalue weighted by Gasteiger charge is -2.19. The van der Waals surface area contributed by atoms with E-state index in [1.54, 1.807) is 36.0 Å². The van der Waals surface area contributed by atoms with Crippen LogP contribution in [0.1, 0.15) is 38.8 Å². The van der Waals surface area contributed by atoms with Crippen molar-refractivity contribution in [2.75, 3.05) is 25.1 Å². The summed E-state index contributed by atoms with van der Waals surface area (Å²) < 4.78 is 26.3. The molecule has 1 aromatic rings. The van der Waals surface area contributed by atoms with Gasteiger partial charge >= 0.3 is 0 Å². The average Bonchev–Trinajstić information content (AvgIpc) is 2.53. The third kappa shape index (κ3) is 5.51. The van der Waals surface area contributed by atoms with E-state index in [1.165, 1.54) is 4.31 Å². The van der Waals surface area contributed by atoms with Gasteiger partial charge in [0.1, 0.15) is 0 Å². The van der Waals surface area contributed by atoms with Crippen LogP contribution < -0.4 is 5.32 Å². The van der Waals surface area contributed by atoms with Crippen LogP contribution in [0.2, 0.25) is 0 Å². The lowest BCUT2D eigenvalue weighted by Crippen LogP contribution is -2.30. The number of carbonyl (C=O) groups excluding carboxylic acids is 1. The maximum Gasteiger partial charge on any atom is 0.243 e. The fourth-order valence-electron chi connectivity index (χ4n) is 2.23. The Hall–Kier alpha value is -1.05. The normalized spacial score (nSPS) is 13.1. The predicted molar refractivity (Wildman–Crippen MR) is 96.1 cm³/mol. The van der Waals surface area contributed by atoms with E-state index in [2.05, 4.69) is 5.32 Å². The molecule has 0 aliphatic carbocycles. The molecule has 23 heavy (non-hydrogen) atoms. The summed E-state index contributed by atoms with van der Waals surface area (Å²) in [6.07, 6.45) is 2.45. The van der Waals surface area contributed by atoms with Gasteiger partial charge in [-0.05, 0) is 30.9 Å². The number of nitrogens with one attached hydrogen (secondary N) is 1. The lowest BCUT2D eigenvalue weighted by atomic mass is 10.1. The van der Waals surface area contributed by atoms with E-state index in [0.29, 0.717) is 19.5 Å². The first-order chi connectivity index (χ1) is 10.9. The summed E-state index contributed by atoms with van der Waals surface area (Å²) in [5.74, 6) is 0.797. The van der Waals surface area contributed by atoms with Crippen LogP contribution in [0.5, 0.6) is 0 Å². The minimum atomic E-state index is -3.44. The van der Waals surface area contributed by atoms with E-state index in [4.69, 9.17) is 0 Å². The summed E-state index contributed by atoms with van der Waals surface area (Å²) in [6, 6.07) is 6.59. The number of amides is 1. The van der Waals surface area contributed by atoms with E-state index in [-0.39, 0.29) is 16.8 Å². The smallest absolute Gasteiger partial charge is 0.243 e. The maximum atomic E-state index is 12.4. The van der Waals surface area contributed by atoms with Gasteiger partial charge < -0.3 is 5.32 Å². The monoisotopic (exact) mass is 358 g/mol. The Morgan fingerprint density at radius 3 is 2.26 bits per heavy atom. The number of carbonyl (C=O) groups is 1. The van der Waals surface area contributed by atoms with Crippen molar-refractivity contribution in [1.29, 1.82) is 0 Å². The summed E-state index contributed by atoms with van der Waals surface area (Å²) in [6.45, 7) is 6.43. The average molecular weight is 359 g/mol. The minimum Gasteiger partial charge on any atom is -0.350 e. The van der Waals surface area contributed by atoms with E-state index >= 15 is 0 Å². The number of sulfonamides is 1. The van der Waals surface area contributed by atoms with Crippen LogP contribution in [-0.2, 0) is 14.8 Å². The molecule has 0 heterocycles. The highest BCUT2D eigenvalue weighted by molar-refractivity contribution is 7.98. The van der Waals surface area contributed by atoms with Gasteiger partial charge in [0.25, 0.3) is 0 Å². The fourth-order valence-corrected chi connectivity index (χ4v) is 4.08. The topological polar surface area (TPSA) is 66.5 Å². The molecule has 0 radical (unpaired) electrons. The van der Waals surface area contributed by atoms with Gasteiger partial charge in [0.2, 0.25) is 15.9 Å². The van der Waals surface area contributed by atoms with Crippen molar-refractivity contribution in [3.05, 3.63) is 29.8 Å². The molecule has 1 atom stereocenters. The largest absolute Gasteiger partial charge is 0.350 e. The van der Waals surface area contributed by atoms with Gasteiger partial charge in [0.15, 0.2) is 0 Å². The zero-order valence-corrected chi connectivity index (χ0v) is 15.8. The van der Waals surface area contributed by atoms with Crippen molar-refractivity contribution in [3.8, 4) is 0 Å². The fraction of sp³-hybridized carbons (Fsp3) is 0.562. The maximum absolute atomic E-state index is 12.4. The SMILES string of the molecule is CCN(CC)S(=O)(=O)c1ccc(C(C)NC(=O)CCSC)cc1. The molecule has 0 aliphatic heterocycles. The molecule has 5 nitrogen and oxygen atoms in total. The van der Waals surface area contributed by atoms with E-state index in [0.717, 1.165) is 11.3 Å². The van der Waals surface area contributed by atoms with Crippen LogP contribution in [0.15, 0.2) is 29.2 Å². The molecule has 0 saturated heterocycles. The predicted octanol–water partition coefficient (Wildman–Crippen LogP) is 2.65. The van der Waals surface area contributed by atoms with Crippen LogP contribution in [0.4, 0.5) is 0 Å². The first-order valence-electron chi connectivity index (χ1n) is 7.75. The van der Waals surface area contributed by atoms with E-state index < -0.39 is 10.0 Å². The summed E-state index contributed by atoms with van der Waals surface area (Å²) in [5.41, 5.74) is 0.890. The van der Waals surface area contributed by atoms with Crippen LogP contribution in [0.3, 0.4) is 0 Å². The highest BCUT2D eigenvalue weighted by Gasteiger charge is 2.21. The van der Waals surface area contributed by atoms with Gasteiger partial charge in [-0.15, -0.1) is 0 Å². The molecule has 0 spiro atoms. The number of hydrogen-bond acceptors (Lipinski definition) is 4. The van der Waals surface area contributed by atoms with E-state index in [9.17, 15) is 13.2 Å². The molecular weight excluding hydrogens is 332 g/mol. The van der Waals surface area contributed by atoms with Crippen molar-refractivity contribution in [1.82, 2.24) is 9.62 Å². The second kappa shape index (κ2) is 9.30. The quantitative estimate of drug-likeness (QED) is 0.737. The first-order valence-corrected chi connectivity index (χ1v) is 10.6. The molecule has 7 heteroatoms. The summed E-state index contributed by atoms with van der Waals surface area (Å²) in [7, 11) is -3.44. The van der Waals surface area contributed by atoms with Crippen molar-refractivity contribution < 1.29 is 13.2 Å². The number of rotatable bonds is 9. The second-order valence-corrected chi connectivity index (χ2v) is 8.11. The van der Waals surface area contributed by atoms with Crippen molar-refractivity contribution in [2.45, 2.75) is 38.1 Å². The molecule has 1 aromatic carbocycles. The zero-order valence-electron chi connectivity index (χ0n) is 14.2. The Labute approximate surface area is 143 Å². The van der Waals surface area contributed by atoms with Crippen LogP contribution in [0, 0.1) is 0 Å². The summed E-state index contributed by atoms with van der Waals surface area (Å²) in [5, 5.41) is 2.92. The lowest BCUT2D eigenvalue weighted by molar-refractivity contribution is -0.121. The van der Waals surface area contributed by atoms with Crippen molar-refractivity contribution in [3.63, 3.8) is 0 Å². The van der Waals surface area contributed by atoms with Gasteiger partial charge in [-0.3, -0.25) is 4.79 Å². The zero-order chi connectivity index (χ0) is 17.5. The molecule has 1 unspecified atom stereocenters. The van der Waals surface area contributed by atoms with Crippen LogP contribution in [0.25, 0.3) is 0 Å². The highest BCUT2D eigenvalue weighted by Crippen LogP contribution is 2.19. The summed E-state index contributed by atoms with van der Waals surface area (Å²) >= 11 is 1.63. The number of nitrogens with zero attached hydrogens (tertiary/aromatic N) is 1. The standard InChI is InChI=1S/C16H26N2O3S2/c1-5-18(6-2)23(20,21)15-9-7-14(8-10-15)13(3)17-16(19)11-12-22-4/h7-10,13H,5-6,11-12H2,1-4H3,(H,17,19). The highest BCUT2D eigenvalue weighted by atomic mass is 32.2. The van der Waals surface area contributed by atoms with E-state index in [1.807, 2.05) is 27.0 Å². The Bertz CT molecular complexity index is 596. The number of hydrogen-bond donors (Lipinski definition) is 1. The Kier molecular flexibility index (Phi) is 8.08. The number of benzene rings is 1. The van der Waals surface area contributed by atoms with Crippen LogP contribution >= 0.6 is 11.8 Å². The molecule has 0 aliphatic rings. The third-order valence-electron chi connectivity index (χ3n) is 3.63. The first kappa shape index (κ1) is 20.0. The van der Waals surface area contributed by atoms with Gasteiger partial charge in [-0.25, -0.2) is 8.42 Å². The molecule has 1 rings (SSSR count). The summed E-state index contributed by atoms with van der Waals surface area (Å²) in [4.78, 5) is 12.0.